The smallest absolute Gasteiger partial charge is 0.0958 e. The van der Waals surface area contributed by atoms with Crippen molar-refractivity contribution >= 4 is 11.3 Å². The lowest BCUT2D eigenvalue weighted by Crippen LogP contribution is -2.23. The van der Waals surface area contributed by atoms with Crippen molar-refractivity contribution in [1.29, 1.82) is 0 Å². The van der Waals surface area contributed by atoms with Gasteiger partial charge in [-0.25, -0.2) is 4.98 Å². The molecule has 0 bridgehead atoms. The Morgan fingerprint density at radius 3 is 2.25 bits per heavy atom. The summed E-state index contributed by atoms with van der Waals surface area (Å²) in [6.45, 7) is 11.5. The zero-order valence-electron chi connectivity index (χ0n) is 11.0. The van der Waals surface area contributed by atoms with Gasteiger partial charge in [-0.15, -0.1) is 11.3 Å². The van der Waals surface area contributed by atoms with Crippen molar-refractivity contribution in [2.45, 2.75) is 47.0 Å². The van der Waals surface area contributed by atoms with E-state index in [-0.39, 0.29) is 0 Å². The molecule has 3 nitrogen and oxygen atoms in total. The van der Waals surface area contributed by atoms with Crippen molar-refractivity contribution < 1.29 is 0 Å². The van der Waals surface area contributed by atoms with Crippen molar-refractivity contribution in [3.05, 3.63) is 16.6 Å². The van der Waals surface area contributed by atoms with Gasteiger partial charge < -0.3 is 0 Å². The van der Waals surface area contributed by atoms with Crippen molar-refractivity contribution in [2.24, 2.45) is 23.0 Å². The number of rotatable bonds is 3. The molecule has 2 unspecified atom stereocenters. The van der Waals surface area contributed by atoms with E-state index in [0.717, 1.165) is 0 Å². The van der Waals surface area contributed by atoms with Gasteiger partial charge in [0, 0.05) is 17.5 Å². The summed E-state index contributed by atoms with van der Waals surface area (Å²) in [5.41, 5.74) is 0.367. The molecule has 0 aromatic carbocycles. The van der Waals surface area contributed by atoms with Crippen LogP contribution in [0.25, 0.3) is 0 Å². The molecular weight excluding hydrogens is 218 g/mol. The number of aromatic nitrogens is 1. The Labute approximate surface area is 103 Å². The van der Waals surface area contributed by atoms with Crippen LogP contribution in [-0.4, -0.2) is 4.98 Å². The van der Waals surface area contributed by atoms with Crippen LogP contribution in [0.5, 0.6) is 0 Å². The minimum atomic E-state index is 0.367. The normalized spacial score (nSPS) is 14.9. The highest BCUT2D eigenvalue weighted by Gasteiger charge is 2.29. The molecule has 0 saturated heterocycles. The van der Waals surface area contributed by atoms with Gasteiger partial charge in [0.25, 0.3) is 0 Å². The first-order valence-corrected chi connectivity index (χ1v) is 6.57. The monoisotopic (exact) mass is 243 g/mol. The van der Waals surface area contributed by atoms with Gasteiger partial charge in [-0.3, -0.25) is 11.7 Å². The zero-order valence-corrected chi connectivity index (χ0v) is 11.8. The molecule has 0 aliphatic carbocycles. The highest BCUT2D eigenvalue weighted by Crippen LogP contribution is 2.39. The van der Waals surface area contributed by atoms with E-state index in [1.165, 1.54) is 11.4 Å². The summed E-state index contributed by atoms with van der Waals surface area (Å²) in [5, 5.41) is 3.38. The number of nitrogens with two attached hydrogens (primary N) is 2. The van der Waals surface area contributed by atoms with Gasteiger partial charge in [0.2, 0.25) is 0 Å². The molecule has 0 fully saturated rings. The fourth-order valence-electron chi connectivity index (χ4n) is 1.76. The molecule has 16 heavy (non-hydrogen) atoms. The lowest BCUT2D eigenvalue weighted by Gasteiger charge is -2.32. The van der Waals surface area contributed by atoms with Crippen molar-refractivity contribution in [3.63, 3.8) is 0 Å². The summed E-state index contributed by atoms with van der Waals surface area (Å²) < 4.78 is 0. The Hall–Kier alpha value is -0.450. The Balaban J connectivity index is 0.00000106. The highest BCUT2D eigenvalue weighted by molar-refractivity contribution is 7.09. The van der Waals surface area contributed by atoms with Crippen molar-refractivity contribution in [1.82, 2.24) is 4.98 Å². The van der Waals surface area contributed by atoms with Crippen LogP contribution in [0.3, 0.4) is 0 Å². The minimum Gasteiger partial charge on any atom is -0.274 e. The van der Waals surface area contributed by atoms with Crippen LogP contribution in [0.15, 0.2) is 11.6 Å². The van der Waals surface area contributed by atoms with Crippen LogP contribution in [-0.2, 0) is 0 Å². The molecule has 4 N–H and O–H groups in total. The van der Waals surface area contributed by atoms with Crippen LogP contribution in [0, 0.1) is 11.3 Å². The van der Waals surface area contributed by atoms with E-state index in [4.69, 9.17) is 0 Å². The third-order valence-corrected chi connectivity index (χ3v) is 4.09. The standard InChI is InChI=1S/C12H21NS.H4N2/c1-6-10(9(2)12(3,4)5)11-13-7-8-14-11;1-2/h7-10H,6H2,1-5H3;1-2H2. The largest absolute Gasteiger partial charge is 0.274 e. The van der Waals surface area contributed by atoms with Crippen molar-refractivity contribution in [3.8, 4) is 0 Å². The van der Waals surface area contributed by atoms with Gasteiger partial charge in [-0.1, -0.05) is 34.6 Å². The summed E-state index contributed by atoms with van der Waals surface area (Å²) in [7, 11) is 0. The van der Waals surface area contributed by atoms with E-state index in [9.17, 15) is 0 Å². The minimum absolute atomic E-state index is 0.367. The van der Waals surface area contributed by atoms with E-state index in [0.29, 0.717) is 17.3 Å². The maximum Gasteiger partial charge on any atom is 0.0958 e. The summed E-state index contributed by atoms with van der Waals surface area (Å²) >= 11 is 1.79. The van der Waals surface area contributed by atoms with E-state index >= 15 is 0 Å². The van der Waals surface area contributed by atoms with Gasteiger partial charge in [-0.05, 0) is 17.8 Å². The molecule has 1 rings (SSSR count). The molecule has 0 aliphatic heterocycles. The van der Waals surface area contributed by atoms with Gasteiger partial charge in [-0.2, -0.15) is 0 Å². The summed E-state index contributed by atoms with van der Waals surface area (Å²) in [6.07, 6.45) is 3.10. The predicted molar refractivity (Wildman–Crippen MR) is 72.1 cm³/mol. The average molecular weight is 243 g/mol. The zero-order chi connectivity index (χ0) is 12.8. The molecular formula is C12H25N3S. The first kappa shape index (κ1) is 15.6. The summed E-state index contributed by atoms with van der Waals surface area (Å²) in [4.78, 5) is 4.44. The number of hydrazine groups is 1. The van der Waals surface area contributed by atoms with Crippen molar-refractivity contribution in [2.75, 3.05) is 0 Å². The first-order valence-electron chi connectivity index (χ1n) is 5.69. The summed E-state index contributed by atoms with van der Waals surface area (Å²) in [5.74, 6) is 9.30. The molecule has 94 valence electrons. The maximum atomic E-state index is 4.44. The average Bonchev–Trinajstić information content (AvgIpc) is 2.74. The Bertz CT molecular complexity index is 264. The van der Waals surface area contributed by atoms with Gasteiger partial charge in [0.1, 0.15) is 0 Å². The molecule has 0 saturated carbocycles. The SMILES string of the molecule is CCC(c1nccs1)C(C)C(C)(C)C.NN. The topological polar surface area (TPSA) is 64.9 Å². The van der Waals surface area contributed by atoms with E-state index in [1.54, 1.807) is 11.3 Å². The molecule has 0 spiro atoms. The lowest BCUT2D eigenvalue weighted by molar-refractivity contribution is 0.216. The molecule has 2 atom stereocenters. The molecule has 0 amide bonds. The van der Waals surface area contributed by atoms with E-state index in [2.05, 4.69) is 56.7 Å². The third-order valence-electron chi connectivity index (χ3n) is 3.18. The molecule has 1 aromatic heterocycles. The van der Waals surface area contributed by atoms with Crippen LogP contribution < -0.4 is 11.7 Å². The molecule has 0 aliphatic rings. The van der Waals surface area contributed by atoms with Gasteiger partial charge in [0.15, 0.2) is 0 Å². The molecule has 4 heteroatoms. The van der Waals surface area contributed by atoms with Crippen LogP contribution in [0.2, 0.25) is 0 Å². The Morgan fingerprint density at radius 2 is 1.94 bits per heavy atom. The van der Waals surface area contributed by atoms with E-state index in [1.807, 2.05) is 6.20 Å². The number of hydrogen-bond donors (Lipinski definition) is 2. The molecule has 1 heterocycles. The number of thiazole rings is 1. The quantitative estimate of drug-likeness (QED) is 0.633. The Morgan fingerprint density at radius 1 is 1.38 bits per heavy atom. The summed E-state index contributed by atoms with van der Waals surface area (Å²) in [6, 6.07) is 0. The fourth-order valence-corrected chi connectivity index (χ4v) is 2.69. The Kier molecular flexibility index (Phi) is 6.79. The van der Waals surface area contributed by atoms with Gasteiger partial charge >= 0.3 is 0 Å². The fraction of sp³-hybridized carbons (Fsp3) is 0.750. The maximum absolute atomic E-state index is 4.44. The molecule has 1 aromatic rings. The predicted octanol–water partition coefficient (Wildman–Crippen LogP) is 3.14. The van der Waals surface area contributed by atoms with Crippen LogP contribution in [0.4, 0.5) is 0 Å². The number of nitrogens with zero attached hydrogens (tertiary/aromatic N) is 1. The van der Waals surface area contributed by atoms with E-state index < -0.39 is 0 Å². The third kappa shape index (κ3) is 4.20. The second-order valence-corrected chi connectivity index (χ2v) is 5.97. The van der Waals surface area contributed by atoms with Crippen LogP contribution in [0.1, 0.15) is 52.0 Å². The second-order valence-electron chi connectivity index (χ2n) is 5.04. The van der Waals surface area contributed by atoms with Crippen LogP contribution >= 0.6 is 11.3 Å². The van der Waals surface area contributed by atoms with Gasteiger partial charge in [0.05, 0.1) is 5.01 Å². The first-order chi connectivity index (χ1) is 7.46. The highest BCUT2D eigenvalue weighted by atomic mass is 32.1. The molecule has 0 radical (unpaired) electrons. The lowest BCUT2D eigenvalue weighted by atomic mass is 9.73. The second kappa shape index (κ2) is 6.99. The number of hydrogen-bond acceptors (Lipinski definition) is 4.